The largest absolute Gasteiger partial charge is 0.298 e. The van der Waals surface area contributed by atoms with Crippen LogP contribution in [0.2, 0.25) is 0 Å². The summed E-state index contributed by atoms with van der Waals surface area (Å²) in [6.07, 6.45) is 0.934. The fourth-order valence-electron chi connectivity index (χ4n) is 1.66. The van der Waals surface area contributed by atoms with Gasteiger partial charge in [0.1, 0.15) is 0 Å². The lowest BCUT2D eigenvalue weighted by Gasteiger charge is -2.06. The molecule has 70 valence electrons. The van der Waals surface area contributed by atoms with Crippen molar-refractivity contribution in [1.82, 2.24) is 0 Å². The molecule has 0 bridgehead atoms. The molecule has 0 saturated heterocycles. The molecule has 0 aromatic heterocycles. The average Bonchev–Trinajstić information content (AvgIpc) is 2.18. The maximum atomic E-state index is 10.9. The Bertz CT molecular complexity index is 503. The summed E-state index contributed by atoms with van der Waals surface area (Å²) in [5.41, 5.74) is 2.02. The van der Waals surface area contributed by atoms with Gasteiger partial charge in [-0.3, -0.25) is 4.79 Å². The summed E-state index contributed by atoms with van der Waals surface area (Å²) < 4.78 is 1.02. The Labute approximate surface area is 96.3 Å². The summed E-state index contributed by atoms with van der Waals surface area (Å²) in [5.74, 6) is 0. The van der Waals surface area contributed by atoms with Gasteiger partial charge in [0, 0.05) is 9.13 Å². The summed E-state index contributed by atoms with van der Waals surface area (Å²) in [7, 11) is 0. The van der Waals surface area contributed by atoms with Gasteiger partial charge in [-0.15, -0.1) is 0 Å². The van der Waals surface area contributed by atoms with Crippen molar-refractivity contribution in [3.8, 4) is 0 Å². The number of hydrogen-bond acceptors (Lipinski definition) is 1. The number of fused-ring (bicyclic) bond motifs is 1. The van der Waals surface area contributed by atoms with Crippen LogP contribution >= 0.6 is 22.6 Å². The zero-order valence-electron chi connectivity index (χ0n) is 7.75. The van der Waals surface area contributed by atoms with Crippen LogP contribution in [-0.4, -0.2) is 6.29 Å². The van der Waals surface area contributed by atoms with Crippen LogP contribution in [0, 0.1) is 10.5 Å². The fraction of sp³-hybridized carbons (Fsp3) is 0.0833. The van der Waals surface area contributed by atoms with Crippen LogP contribution in [0.4, 0.5) is 0 Å². The Kier molecular flexibility index (Phi) is 2.54. The predicted octanol–water partition coefficient (Wildman–Crippen LogP) is 3.57. The Morgan fingerprint density at radius 2 is 1.86 bits per heavy atom. The van der Waals surface area contributed by atoms with Gasteiger partial charge in [-0.1, -0.05) is 24.3 Å². The van der Waals surface area contributed by atoms with E-state index in [1.165, 1.54) is 5.56 Å². The second-order valence-corrected chi connectivity index (χ2v) is 4.41. The molecule has 0 amide bonds. The van der Waals surface area contributed by atoms with Gasteiger partial charge in [0.25, 0.3) is 0 Å². The summed E-state index contributed by atoms with van der Waals surface area (Å²) in [6, 6.07) is 10.1. The predicted molar refractivity (Wildman–Crippen MR) is 66.8 cm³/mol. The zero-order valence-corrected chi connectivity index (χ0v) is 9.91. The third kappa shape index (κ3) is 1.43. The fourth-order valence-corrected chi connectivity index (χ4v) is 2.54. The van der Waals surface area contributed by atoms with Gasteiger partial charge in [-0.25, -0.2) is 0 Å². The molecule has 0 aliphatic heterocycles. The molecule has 2 heteroatoms. The molecule has 2 aromatic rings. The highest BCUT2D eigenvalue weighted by Gasteiger charge is 2.06. The Morgan fingerprint density at radius 1 is 1.21 bits per heavy atom. The number of rotatable bonds is 1. The summed E-state index contributed by atoms with van der Waals surface area (Å²) in [5, 5.41) is 2.21. The van der Waals surface area contributed by atoms with Crippen LogP contribution in [0.1, 0.15) is 15.9 Å². The highest BCUT2D eigenvalue weighted by atomic mass is 127. The third-order valence-corrected chi connectivity index (χ3v) is 3.25. The van der Waals surface area contributed by atoms with Gasteiger partial charge in [-0.05, 0) is 51.9 Å². The number of halogens is 1. The second kappa shape index (κ2) is 3.69. The first-order valence-corrected chi connectivity index (χ1v) is 5.45. The van der Waals surface area contributed by atoms with E-state index in [-0.39, 0.29) is 0 Å². The van der Waals surface area contributed by atoms with Crippen molar-refractivity contribution in [3.05, 3.63) is 45.0 Å². The summed E-state index contributed by atoms with van der Waals surface area (Å²) in [6.45, 7) is 2.07. The van der Waals surface area contributed by atoms with E-state index in [0.29, 0.717) is 0 Å². The van der Waals surface area contributed by atoms with E-state index in [0.717, 1.165) is 26.2 Å². The highest BCUT2D eigenvalue weighted by Crippen LogP contribution is 2.25. The van der Waals surface area contributed by atoms with Crippen molar-refractivity contribution in [2.24, 2.45) is 0 Å². The molecule has 0 N–H and O–H groups in total. The monoisotopic (exact) mass is 296 g/mol. The molecule has 0 fully saturated rings. The molecule has 0 spiro atoms. The van der Waals surface area contributed by atoms with Gasteiger partial charge in [0.05, 0.1) is 0 Å². The van der Waals surface area contributed by atoms with E-state index >= 15 is 0 Å². The number of aldehydes is 1. The lowest BCUT2D eigenvalue weighted by molar-refractivity contribution is 0.112. The molecule has 0 aliphatic rings. The number of carbonyl (C=O) groups is 1. The Morgan fingerprint density at radius 3 is 2.50 bits per heavy atom. The minimum Gasteiger partial charge on any atom is -0.298 e. The van der Waals surface area contributed by atoms with Crippen LogP contribution in [0.3, 0.4) is 0 Å². The molecule has 0 radical (unpaired) electrons. The van der Waals surface area contributed by atoms with Crippen molar-refractivity contribution in [3.63, 3.8) is 0 Å². The SMILES string of the molecule is Cc1cc(I)c(C=O)c2ccccc12. The molecule has 1 nitrogen and oxygen atoms in total. The Hall–Kier alpha value is -0.900. The maximum Gasteiger partial charge on any atom is 0.151 e. The molecule has 0 heterocycles. The van der Waals surface area contributed by atoms with E-state index in [2.05, 4.69) is 29.5 Å². The van der Waals surface area contributed by atoms with E-state index < -0.39 is 0 Å². The van der Waals surface area contributed by atoms with Crippen LogP contribution in [0.25, 0.3) is 10.8 Å². The molecule has 2 rings (SSSR count). The minimum absolute atomic E-state index is 0.798. The Balaban J connectivity index is 2.97. The van der Waals surface area contributed by atoms with Crippen molar-refractivity contribution in [2.45, 2.75) is 6.92 Å². The topological polar surface area (TPSA) is 17.1 Å². The smallest absolute Gasteiger partial charge is 0.151 e. The first-order chi connectivity index (χ1) is 6.74. The van der Waals surface area contributed by atoms with Crippen LogP contribution < -0.4 is 0 Å². The van der Waals surface area contributed by atoms with Gasteiger partial charge in [0.15, 0.2) is 6.29 Å². The number of benzene rings is 2. The van der Waals surface area contributed by atoms with Gasteiger partial charge >= 0.3 is 0 Å². The van der Waals surface area contributed by atoms with E-state index in [1.54, 1.807) is 0 Å². The highest BCUT2D eigenvalue weighted by molar-refractivity contribution is 14.1. The number of carbonyl (C=O) groups excluding carboxylic acids is 1. The van der Waals surface area contributed by atoms with Crippen molar-refractivity contribution in [2.75, 3.05) is 0 Å². The third-order valence-electron chi connectivity index (χ3n) is 2.36. The zero-order chi connectivity index (χ0) is 10.1. The normalized spacial score (nSPS) is 10.4. The van der Waals surface area contributed by atoms with Crippen LogP contribution in [0.15, 0.2) is 30.3 Å². The maximum absolute atomic E-state index is 10.9. The molecule has 0 atom stereocenters. The second-order valence-electron chi connectivity index (χ2n) is 3.25. The summed E-state index contributed by atoms with van der Waals surface area (Å²) in [4.78, 5) is 10.9. The number of hydrogen-bond donors (Lipinski definition) is 0. The van der Waals surface area contributed by atoms with Crippen molar-refractivity contribution in [1.29, 1.82) is 0 Å². The molecule has 2 aromatic carbocycles. The first kappa shape index (κ1) is 9.65. The lowest BCUT2D eigenvalue weighted by atomic mass is 10.0. The molecule has 0 unspecified atom stereocenters. The van der Waals surface area contributed by atoms with E-state index in [9.17, 15) is 4.79 Å². The lowest BCUT2D eigenvalue weighted by Crippen LogP contribution is -1.90. The van der Waals surface area contributed by atoms with E-state index in [4.69, 9.17) is 0 Å². The average molecular weight is 296 g/mol. The van der Waals surface area contributed by atoms with Crippen molar-refractivity contribution < 1.29 is 4.79 Å². The number of aryl methyl sites for hydroxylation is 1. The van der Waals surface area contributed by atoms with Gasteiger partial charge in [-0.2, -0.15) is 0 Å². The molecular weight excluding hydrogens is 287 g/mol. The minimum atomic E-state index is 0.798. The van der Waals surface area contributed by atoms with Crippen LogP contribution in [0.5, 0.6) is 0 Å². The molecule has 14 heavy (non-hydrogen) atoms. The van der Waals surface area contributed by atoms with E-state index in [1.807, 2.05) is 30.3 Å². The quantitative estimate of drug-likeness (QED) is 0.581. The molecular formula is C12H9IO. The first-order valence-electron chi connectivity index (χ1n) is 4.37. The van der Waals surface area contributed by atoms with Gasteiger partial charge in [0.2, 0.25) is 0 Å². The van der Waals surface area contributed by atoms with Crippen molar-refractivity contribution >= 4 is 39.6 Å². The van der Waals surface area contributed by atoms with Gasteiger partial charge < -0.3 is 0 Å². The molecule has 0 saturated carbocycles. The summed E-state index contributed by atoms with van der Waals surface area (Å²) >= 11 is 2.20. The standard InChI is InChI=1S/C12H9IO/c1-8-6-12(13)11(7-14)10-5-3-2-4-9(8)10/h2-7H,1H3. The molecule has 0 aliphatic carbocycles. The van der Waals surface area contributed by atoms with Crippen LogP contribution in [-0.2, 0) is 0 Å².